The van der Waals surface area contributed by atoms with Crippen LogP contribution >= 0.6 is 0 Å². The van der Waals surface area contributed by atoms with Crippen LogP contribution in [0.4, 0.5) is 0 Å². The Bertz CT molecular complexity index is 328. The number of benzene rings is 1. The minimum atomic E-state index is 0.150. The number of hydrogen-bond donors (Lipinski definition) is 1. The molecule has 0 radical (unpaired) electrons. The first-order chi connectivity index (χ1) is 8.33. The molecule has 1 aliphatic rings. The summed E-state index contributed by atoms with van der Waals surface area (Å²) in [6.45, 7) is 1.91. The highest BCUT2D eigenvalue weighted by atomic mass is 16.5. The van der Waals surface area contributed by atoms with Crippen molar-refractivity contribution in [3.8, 4) is 0 Å². The molecule has 1 fully saturated rings. The summed E-state index contributed by atoms with van der Waals surface area (Å²) in [7, 11) is 1.68. The highest BCUT2D eigenvalue weighted by molar-refractivity contribution is 5.26. The molecule has 3 atom stereocenters. The van der Waals surface area contributed by atoms with Crippen molar-refractivity contribution in [3.05, 3.63) is 35.9 Å². The molecule has 0 bridgehead atoms. The maximum atomic E-state index is 6.12. The Balaban J connectivity index is 1.71. The second-order valence-corrected chi connectivity index (χ2v) is 4.65. The normalized spacial score (nSPS) is 24.6. The molecule has 1 saturated carbocycles. The summed E-state index contributed by atoms with van der Waals surface area (Å²) < 4.78 is 10.4. The third-order valence-electron chi connectivity index (χ3n) is 3.36. The van der Waals surface area contributed by atoms with Gasteiger partial charge in [0.1, 0.15) is 0 Å². The minimum Gasteiger partial charge on any atom is -0.382 e. The molecule has 17 heavy (non-hydrogen) atoms. The third-order valence-corrected chi connectivity index (χ3v) is 3.36. The lowest BCUT2D eigenvalue weighted by Crippen LogP contribution is -2.29. The molecule has 1 aromatic rings. The summed E-state index contributed by atoms with van der Waals surface area (Å²) >= 11 is 0. The molecule has 3 heteroatoms. The zero-order chi connectivity index (χ0) is 12.1. The van der Waals surface area contributed by atoms with Crippen molar-refractivity contribution in [2.45, 2.75) is 18.4 Å². The monoisotopic (exact) mass is 235 g/mol. The van der Waals surface area contributed by atoms with Gasteiger partial charge in [-0.05, 0) is 23.8 Å². The Hall–Kier alpha value is -0.900. The van der Waals surface area contributed by atoms with E-state index >= 15 is 0 Å². The van der Waals surface area contributed by atoms with E-state index in [2.05, 4.69) is 30.3 Å². The molecule has 0 aliphatic heterocycles. The number of hydrogen-bond acceptors (Lipinski definition) is 3. The first-order valence-corrected chi connectivity index (χ1v) is 6.20. The first kappa shape index (κ1) is 12.6. The molecule has 0 spiro atoms. The quantitative estimate of drug-likeness (QED) is 0.733. The van der Waals surface area contributed by atoms with Gasteiger partial charge < -0.3 is 15.2 Å². The van der Waals surface area contributed by atoms with Gasteiger partial charge in [-0.1, -0.05) is 30.3 Å². The van der Waals surface area contributed by atoms with Gasteiger partial charge in [0.2, 0.25) is 0 Å². The van der Waals surface area contributed by atoms with Gasteiger partial charge >= 0.3 is 0 Å². The van der Waals surface area contributed by atoms with Gasteiger partial charge in [0.05, 0.1) is 19.8 Å². The van der Waals surface area contributed by atoms with E-state index in [1.807, 2.05) is 0 Å². The molecule has 0 saturated heterocycles. The SMILES string of the molecule is COCCOCC(N)C1CC1c1ccccc1. The Labute approximate surface area is 103 Å². The summed E-state index contributed by atoms with van der Waals surface area (Å²) in [5.74, 6) is 1.22. The highest BCUT2D eigenvalue weighted by Gasteiger charge is 2.42. The van der Waals surface area contributed by atoms with E-state index in [9.17, 15) is 0 Å². The standard InChI is InChI=1S/C14H21NO2/c1-16-7-8-17-10-14(15)13-9-12(13)11-5-3-2-4-6-11/h2-6,12-14H,7-10,15H2,1H3. The fourth-order valence-corrected chi connectivity index (χ4v) is 2.26. The predicted molar refractivity (Wildman–Crippen MR) is 68.0 cm³/mol. The maximum absolute atomic E-state index is 6.12. The lowest BCUT2D eigenvalue weighted by atomic mass is 10.1. The van der Waals surface area contributed by atoms with E-state index in [-0.39, 0.29) is 6.04 Å². The topological polar surface area (TPSA) is 44.5 Å². The van der Waals surface area contributed by atoms with Crippen LogP contribution in [0.3, 0.4) is 0 Å². The summed E-state index contributed by atoms with van der Waals surface area (Å²) in [6, 6.07) is 10.7. The predicted octanol–water partition coefficient (Wildman–Crippen LogP) is 1.78. The van der Waals surface area contributed by atoms with Crippen molar-refractivity contribution in [1.29, 1.82) is 0 Å². The molecule has 2 rings (SSSR count). The number of methoxy groups -OCH3 is 1. The van der Waals surface area contributed by atoms with Crippen molar-refractivity contribution in [2.75, 3.05) is 26.9 Å². The molecule has 1 aromatic carbocycles. The lowest BCUT2D eigenvalue weighted by molar-refractivity contribution is 0.0608. The van der Waals surface area contributed by atoms with Crippen LogP contribution in [0.15, 0.2) is 30.3 Å². The maximum Gasteiger partial charge on any atom is 0.0701 e. The van der Waals surface area contributed by atoms with Crippen LogP contribution in [0.5, 0.6) is 0 Å². The zero-order valence-electron chi connectivity index (χ0n) is 10.3. The summed E-state index contributed by atoms with van der Waals surface area (Å²) in [5, 5.41) is 0. The van der Waals surface area contributed by atoms with Gasteiger partial charge in [-0.15, -0.1) is 0 Å². The Morgan fingerprint density at radius 3 is 2.76 bits per heavy atom. The van der Waals surface area contributed by atoms with E-state index < -0.39 is 0 Å². The molecule has 0 amide bonds. The molecule has 0 heterocycles. The van der Waals surface area contributed by atoms with Crippen LogP contribution in [0.1, 0.15) is 17.9 Å². The number of ether oxygens (including phenoxy) is 2. The fraction of sp³-hybridized carbons (Fsp3) is 0.571. The van der Waals surface area contributed by atoms with Gasteiger partial charge in [0, 0.05) is 13.2 Å². The van der Waals surface area contributed by atoms with Crippen LogP contribution in [-0.2, 0) is 9.47 Å². The van der Waals surface area contributed by atoms with E-state index in [0.29, 0.717) is 31.7 Å². The van der Waals surface area contributed by atoms with Gasteiger partial charge in [0.25, 0.3) is 0 Å². The average Bonchev–Trinajstić information content (AvgIpc) is 3.16. The fourth-order valence-electron chi connectivity index (χ4n) is 2.26. The molecular weight excluding hydrogens is 214 g/mol. The second kappa shape index (κ2) is 6.15. The van der Waals surface area contributed by atoms with Gasteiger partial charge in [-0.3, -0.25) is 0 Å². The van der Waals surface area contributed by atoms with E-state index in [1.54, 1.807) is 7.11 Å². The van der Waals surface area contributed by atoms with Crippen molar-refractivity contribution in [1.82, 2.24) is 0 Å². The Morgan fingerprint density at radius 1 is 1.29 bits per heavy atom. The summed E-state index contributed by atoms with van der Waals surface area (Å²) in [6.07, 6.45) is 1.19. The van der Waals surface area contributed by atoms with Crippen molar-refractivity contribution in [2.24, 2.45) is 11.7 Å². The molecular formula is C14H21NO2. The van der Waals surface area contributed by atoms with Crippen LogP contribution in [0.2, 0.25) is 0 Å². The number of rotatable bonds is 7. The molecule has 3 unspecified atom stereocenters. The highest BCUT2D eigenvalue weighted by Crippen LogP contribution is 2.48. The van der Waals surface area contributed by atoms with E-state index in [1.165, 1.54) is 12.0 Å². The molecule has 94 valence electrons. The van der Waals surface area contributed by atoms with E-state index in [0.717, 1.165) is 0 Å². The van der Waals surface area contributed by atoms with Crippen LogP contribution < -0.4 is 5.73 Å². The van der Waals surface area contributed by atoms with Crippen LogP contribution in [-0.4, -0.2) is 33.0 Å². The smallest absolute Gasteiger partial charge is 0.0701 e. The molecule has 0 aromatic heterocycles. The van der Waals surface area contributed by atoms with Crippen molar-refractivity contribution in [3.63, 3.8) is 0 Å². The van der Waals surface area contributed by atoms with Crippen molar-refractivity contribution >= 4 is 0 Å². The Kier molecular flexibility index (Phi) is 4.54. The third kappa shape index (κ3) is 3.53. The van der Waals surface area contributed by atoms with Gasteiger partial charge in [0.15, 0.2) is 0 Å². The van der Waals surface area contributed by atoms with E-state index in [4.69, 9.17) is 15.2 Å². The van der Waals surface area contributed by atoms with Gasteiger partial charge in [-0.25, -0.2) is 0 Å². The second-order valence-electron chi connectivity index (χ2n) is 4.65. The average molecular weight is 235 g/mol. The van der Waals surface area contributed by atoms with Crippen molar-refractivity contribution < 1.29 is 9.47 Å². The summed E-state index contributed by atoms with van der Waals surface area (Å²) in [4.78, 5) is 0. The first-order valence-electron chi connectivity index (χ1n) is 6.20. The molecule has 1 aliphatic carbocycles. The Morgan fingerprint density at radius 2 is 2.06 bits per heavy atom. The minimum absolute atomic E-state index is 0.150. The zero-order valence-corrected chi connectivity index (χ0v) is 10.3. The van der Waals surface area contributed by atoms with Gasteiger partial charge in [-0.2, -0.15) is 0 Å². The molecule has 3 nitrogen and oxygen atoms in total. The largest absolute Gasteiger partial charge is 0.382 e. The van der Waals surface area contributed by atoms with Crippen LogP contribution in [0.25, 0.3) is 0 Å². The lowest BCUT2D eigenvalue weighted by Gasteiger charge is -2.11. The number of nitrogens with two attached hydrogens (primary N) is 1. The van der Waals surface area contributed by atoms with Crippen LogP contribution in [0, 0.1) is 5.92 Å². The summed E-state index contributed by atoms with van der Waals surface area (Å²) in [5.41, 5.74) is 7.53. The molecule has 2 N–H and O–H groups in total.